The predicted molar refractivity (Wildman–Crippen MR) is 141 cm³/mol. The van der Waals surface area contributed by atoms with Gasteiger partial charge in [0, 0.05) is 29.6 Å². The van der Waals surface area contributed by atoms with Crippen LogP contribution in [0.2, 0.25) is 0 Å². The molecule has 0 aromatic heterocycles. The summed E-state index contributed by atoms with van der Waals surface area (Å²) >= 11 is 0. The Morgan fingerprint density at radius 2 is 1.24 bits per heavy atom. The largest absolute Gasteiger partial charge is 0.507 e. The number of benzene rings is 3. The van der Waals surface area contributed by atoms with E-state index in [1.165, 1.54) is 11.1 Å². The molecule has 3 aromatic rings. The molecule has 34 heavy (non-hydrogen) atoms. The van der Waals surface area contributed by atoms with Crippen molar-refractivity contribution in [3.05, 3.63) is 76.9 Å². The molecule has 3 aromatic carbocycles. The van der Waals surface area contributed by atoms with Crippen molar-refractivity contribution in [1.82, 2.24) is 0 Å². The standard InChI is InChI=1S/C29H34N2O3/c1-4-6-8-21-10-14-28(32)23(16-21)19-30-26-13-12-25(34-3)18-27(26)31-20-24-17-22(9-7-5-2)11-15-29(24)33/h10-20,32-33H,4-9H2,1-3H3. The highest BCUT2D eigenvalue weighted by Crippen LogP contribution is 2.33. The highest BCUT2D eigenvalue weighted by atomic mass is 16.5. The van der Waals surface area contributed by atoms with Gasteiger partial charge in [0.2, 0.25) is 0 Å². The second kappa shape index (κ2) is 12.6. The molecule has 0 aliphatic heterocycles. The van der Waals surface area contributed by atoms with E-state index in [2.05, 4.69) is 23.8 Å². The lowest BCUT2D eigenvalue weighted by Gasteiger charge is -2.07. The predicted octanol–water partition coefficient (Wildman–Crippen LogP) is 7.29. The molecular formula is C29H34N2O3. The summed E-state index contributed by atoms with van der Waals surface area (Å²) in [7, 11) is 1.61. The molecule has 0 bridgehead atoms. The topological polar surface area (TPSA) is 74.4 Å². The molecule has 5 nitrogen and oxygen atoms in total. The van der Waals surface area contributed by atoms with Gasteiger partial charge in [-0.15, -0.1) is 0 Å². The Kier molecular flexibility index (Phi) is 9.27. The Morgan fingerprint density at radius 3 is 1.74 bits per heavy atom. The molecule has 0 saturated heterocycles. The number of phenolic OH excluding ortho intramolecular Hbond substituents is 2. The number of hydrogen-bond donors (Lipinski definition) is 2. The zero-order valence-corrected chi connectivity index (χ0v) is 20.3. The first-order valence-electron chi connectivity index (χ1n) is 11.9. The first-order chi connectivity index (χ1) is 16.5. The van der Waals surface area contributed by atoms with Gasteiger partial charge in [-0.25, -0.2) is 0 Å². The molecule has 0 atom stereocenters. The van der Waals surface area contributed by atoms with Gasteiger partial charge in [0.1, 0.15) is 17.2 Å². The van der Waals surface area contributed by atoms with Gasteiger partial charge < -0.3 is 14.9 Å². The van der Waals surface area contributed by atoms with Gasteiger partial charge in [0.15, 0.2) is 0 Å². The number of methoxy groups -OCH3 is 1. The lowest BCUT2D eigenvalue weighted by Crippen LogP contribution is -1.90. The third-order valence-electron chi connectivity index (χ3n) is 5.69. The van der Waals surface area contributed by atoms with Crippen molar-refractivity contribution in [3.63, 3.8) is 0 Å². The minimum Gasteiger partial charge on any atom is -0.507 e. The molecule has 0 aliphatic rings. The van der Waals surface area contributed by atoms with Crippen molar-refractivity contribution in [1.29, 1.82) is 0 Å². The Labute approximate surface area is 202 Å². The summed E-state index contributed by atoms with van der Waals surface area (Å²) in [6.07, 6.45) is 9.69. The van der Waals surface area contributed by atoms with E-state index in [9.17, 15) is 10.2 Å². The lowest BCUT2D eigenvalue weighted by atomic mass is 10.1. The van der Waals surface area contributed by atoms with Crippen molar-refractivity contribution < 1.29 is 14.9 Å². The van der Waals surface area contributed by atoms with Gasteiger partial charge in [-0.3, -0.25) is 9.98 Å². The summed E-state index contributed by atoms with van der Waals surface area (Å²) in [5.74, 6) is 1.04. The van der Waals surface area contributed by atoms with Crippen molar-refractivity contribution in [2.45, 2.75) is 52.4 Å². The second-order valence-electron chi connectivity index (χ2n) is 8.36. The number of aliphatic imine (C=N–C) groups is 2. The van der Waals surface area contributed by atoms with Gasteiger partial charge in [-0.1, -0.05) is 38.8 Å². The number of ether oxygens (including phenoxy) is 1. The van der Waals surface area contributed by atoms with Crippen LogP contribution in [0, 0.1) is 0 Å². The van der Waals surface area contributed by atoms with Crippen LogP contribution in [0.1, 0.15) is 61.8 Å². The molecule has 178 valence electrons. The average molecular weight is 459 g/mol. The van der Waals surface area contributed by atoms with Crippen LogP contribution in [0.4, 0.5) is 11.4 Å². The summed E-state index contributed by atoms with van der Waals surface area (Å²) in [5.41, 5.74) is 4.91. The maximum atomic E-state index is 10.3. The smallest absolute Gasteiger partial charge is 0.124 e. The maximum absolute atomic E-state index is 10.3. The number of rotatable bonds is 11. The highest BCUT2D eigenvalue weighted by Gasteiger charge is 2.06. The summed E-state index contributed by atoms with van der Waals surface area (Å²) in [4.78, 5) is 9.23. The van der Waals surface area contributed by atoms with Gasteiger partial charge in [0.25, 0.3) is 0 Å². The Balaban J connectivity index is 1.90. The first-order valence-corrected chi connectivity index (χ1v) is 11.9. The van der Waals surface area contributed by atoms with E-state index >= 15 is 0 Å². The van der Waals surface area contributed by atoms with E-state index in [1.807, 2.05) is 36.4 Å². The van der Waals surface area contributed by atoms with Crippen LogP contribution in [-0.2, 0) is 12.8 Å². The highest BCUT2D eigenvalue weighted by molar-refractivity contribution is 5.90. The van der Waals surface area contributed by atoms with Crippen LogP contribution in [0.5, 0.6) is 17.2 Å². The van der Waals surface area contributed by atoms with Crippen LogP contribution in [0.3, 0.4) is 0 Å². The Hall–Kier alpha value is -3.60. The van der Waals surface area contributed by atoms with Crippen LogP contribution in [-0.4, -0.2) is 29.8 Å². The molecule has 2 N–H and O–H groups in total. The monoisotopic (exact) mass is 458 g/mol. The lowest BCUT2D eigenvalue weighted by molar-refractivity contribution is 0.415. The molecule has 0 saturated carbocycles. The van der Waals surface area contributed by atoms with Gasteiger partial charge >= 0.3 is 0 Å². The van der Waals surface area contributed by atoms with E-state index in [0.717, 1.165) is 38.5 Å². The second-order valence-corrected chi connectivity index (χ2v) is 8.36. The molecule has 0 amide bonds. The summed E-state index contributed by atoms with van der Waals surface area (Å²) in [6.45, 7) is 4.32. The number of aryl methyl sites for hydroxylation is 2. The van der Waals surface area contributed by atoms with Crippen LogP contribution in [0.25, 0.3) is 0 Å². The van der Waals surface area contributed by atoms with Gasteiger partial charge in [-0.05, 0) is 73.2 Å². The normalized spacial score (nSPS) is 11.5. The molecule has 0 radical (unpaired) electrons. The molecule has 0 unspecified atom stereocenters. The quantitative estimate of drug-likeness (QED) is 0.296. The fraction of sp³-hybridized carbons (Fsp3) is 0.310. The van der Waals surface area contributed by atoms with Crippen LogP contribution >= 0.6 is 0 Å². The van der Waals surface area contributed by atoms with Gasteiger partial charge in [-0.2, -0.15) is 0 Å². The molecule has 5 heteroatoms. The van der Waals surface area contributed by atoms with Gasteiger partial charge in [0.05, 0.1) is 18.5 Å². The fourth-order valence-corrected chi connectivity index (χ4v) is 3.61. The molecule has 0 aliphatic carbocycles. The zero-order valence-electron chi connectivity index (χ0n) is 20.3. The maximum Gasteiger partial charge on any atom is 0.124 e. The third-order valence-corrected chi connectivity index (χ3v) is 5.69. The first kappa shape index (κ1) is 25.0. The number of phenols is 2. The minimum absolute atomic E-state index is 0.186. The number of hydrogen-bond acceptors (Lipinski definition) is 5. The van der Waals surface area contributed by atoms with Crippen LogP contribution < -0.4 is 4.74 Å². The van der Waals surface area contributed by atoms with E-state index in [1.54, 1.807) is 37.7 Å². The Morgan fingerprint density at radius 1 is 0.706 bits per heavy atom. The Bertz CT molecular complexity index is 1150. The minimum atomic E-state index is 0.186. The molecule has 3 rings (SSSR count). The van der Waals surface area contributed by atoms with Crippen molar-refractivity contribution >= 4 is 23.8 Å². The van der Waals surface area contributed by atoms with E-state index < -0.39 is 0 Å². The molecule has 0 heterocycles. The summed E-state index contributed by atoms with van der Waals surface area (Å²) in [5, 5.41) is 20.6. The molecule has 0 fully saturated rings. The fourth-order valence-electron chi connectivity index (χ4n) is 3.61. The third kappa shape index (κ3) is 6.95. The average Bonchev–Trinajstić information content (AvgIpc) is 2.86. The number of nitrogens with zero attached hydrogens (tertiary/aromatic N) is 2. The van der Waals surface area contributed by atoms with Crippen molar-refractivity contribution in [2.24, 2.45) is 9.98 Å². The number of unbranched alkanes of at least 4 members (excludes halogenated alkanes) is 2. The molecule has 0 spiro atoms. The van der Waals surface area contributed by atoms with E-state index in [0.29, 0.717) is 28.3 Å². The van der Waals surface area contributed by atoms with Crippen molar-refractivity contribution in [3.8, 4) is 17.2 Å². The van der Waals surface area contributed by atoms with E-state index in [4.69, 9.17) is 4.74 Å². The van der Waals surface area contributed by atoms with Crippen LogP contribution in [0.15, 0.2) is 64.6 Å². The molecular weight excluding hydrogens is 424 g/mol. The number of aromatic hydroxyl groups is 2. The zero-order chi connectivity index (χ0) is 24.3. The summed E-state index contributed by atoms with van der Waals surface area (Å²) < 4.78 is 5.37. The SMILES string of the molecule is CCCCc1ccc(O)c(C=Nc2ccc(OC)cc2N=Cc2cc(CCCC)ccc2O)c1. The summed E-state index contributed by atoms with van der Waals surface area (Å²) in [6, 6.07) is 16.7. The van der Waals surface area contributed by atoms with Crippen molar-refractivity contribution in [2.75, 3.05) is 7.11 Å². The van der Waals surface area contributed by atoms with E-state index in [-0.39, 0.29) is 11.5 Å².